The summed E-state index contributed by atoms with van der Waals surface area (Å²) < 4.78 is 0.830. The van der Waals surface area contributed by atoms with Gasteiger partial charge in [-0.05, 0) is 44.1 Å². The van der Waals surface area contributed by atoms with E-state index >= 15 is 0 Å². The van der Waals surface area contributed by atoms with Gasteiger partial charge < -0.3 is 15.7 Å². The Balaban J connectivity index is 2.04. The molecular weight excluding hydrogens is 284 g/mol. The van der Waals surface area contributed by atoms with Crippen LogP contribution in [0.1, 0.15) is 12.8 Å². The predicted octanol–water partition coefficient (Wildman–Crippen LogP) is 2.09. The molecule has 1 aromatic rings. The molecule has 0 aromatic heterocycles. The number of benzene rings is 1. The number of hydrogen-bond acceptors (Lipinski definition) is 3. The second-order valence-corrected chi connectivity index (χ2v) is 5.09. The van der Waals surface area contributed by atoms with Gasteiger partial charge in [-0.15, -0.1) is 0 Å². The maximum Gasteiger partial charge on any atom is 0.227 e. The van der Waals surface area contributed by atoms with Crippen LogP contribution in [0, 0.1) is 5.92 Å². The van der Waals surface area contributed by atoms with Gasteiger partial charge in [0.15, 0.2) is 0 Å². The number of phenolic OH excluding ortho intramolecular Hbond substituents is 1. The Hall–Kier alpha value is -1.07. The van der Waals surface area contributed by atoms with Crippen molar-refractivity contribution in [1.29, 1.82) is 0 Å². The number of carbonyl (C=O) groups is 1. The molecule has 1 aliphatic rings. The predicted molar refractivity (Wildman–Crippen MR) is 70.0 cm³/mol. The van der Waals surface area contributed by atoms with E-state index < -0.39 is 0 Å². The van der Waals surface area contributed by atoms with E-state index in [1.54, 1.807) is 18.2 Å². The molecule has 1 heterocycles. The first kappa shape index (κ1) is 12.4. The molecule has 1 aromatic carbocycles. The van der Waals surface area contributed by atoms with Crippen LogP contribution in [0.15, 0.2) is 22.7 Å². The fourth-order valence-corrected chi connectivity index (χ4v) is 2.29. The van der Waals surface area contributed by atoms with Crippen LogP contribution in [0.4, 0.5) is 5.69 Å². The van der Waals surface area contributed by atoms with Gasteiger partial charge in [0.25, 0.3) is 0 Å². The number of anilines is 1. The minimum Gasteiger partial charge on any atom is -0.506 e. The summed E-state index contributed by atoms with van der Waals surface area (Å²) >= 11 is 3.31. The van der Waals surface area contributed by atoms with E-state index in [4.69, 9.17) is 0 Å². The summed E-state index contributed by atoms with van der Waals surface area (Å²) in [6, 6.07) is 4.99. The molecule has 0 aliphatic carbocycles. The largest absolute Gasteiger partial charge is 0.506 e. The number of amides is 1. The maximum absolute atomic E-state index is 12.0. The quantitative estimate of drug-likeness (QED) is 0.733. The average Bonchev–Trinajstić information content (AvgIpc) is 2.35. The van der Waals surface area contributed by atoms with Gasteiger partial charge in [0, 0.05) is 10.4 Å². The van der Waals surface area contributed by atoms with E-state index in [0.29, 0.717) is 5.69 Å². The van der Waals surface area contributed by atoms with Gasteiger partial charge in [0.1, 0.15) is 5.75 Å². The first-order valence-corrected chi connectivity index (χ1v) is 6.46. The first-order chi connectivity index (χ1) is 8.16. The van der Waals surface area contributed by atoms with Gasteiger partial charge in [-0.1, -0.05) is 15.9 Å². The molecule has 4 nitrogen and oxygen atoms in total. The molecule has 0 unspecified atom stereocenters. The zero-order valence-corrected chi connectivity index (χ0v) is 11.0. The molecule has 17 heavy (non-hydrogen) atoms. The van der Waals surface area contributed by atoms with Crippen LogP contribution >= 0.6 is 15.9 Å². The van der Waals surface area contributed by atoms with E-state index in [1.165, 1.54) is 0 Å². The summed E-state index contributed by atoms with van der Waals surface area (Å²) in [6.07, 6.45) is 1.70. The third-order valence-electron chi connectivity index (χ3n) is 2.93. The Morgan fingerprint density at radius 2 is 2.12 bits per heavy atom. The highest BCUT2D eigenvalue weighted by Crippen LogP contribution is 2.27. The lowest BCUT2D eigenvalue weighted by atomic mass is 9.97. The third kappa shape index (κ3) is 3.20. The van der Waals surface area contributed by atoms with E-state index in [1.807, 2.05) is 0 Å². The van der Waals surface area contributed by atoms with Crippen molar-refractivity contribution in [2.75, 3.05) is 18.4 Å². The molecular formula is C12H15BrN2O2. The number of rotatable bonds is 2. The van der Waals surface area contributed by atoms with Crippen LogP contribution < -0.4 is 10.6 Å². The molecule has 0 radical (unpaired) electrons. The number of hydrogen-bond donors (Lipinski definition) is 3. The van der Waals surface area contributed by atoms with Crippen LogP contribution in [0.3, 0.4) is 0 Å². The molecule has 5 heteroatoms. The number of aromatic hydroxyl groups is 1. The van der Waals surface area contributed by atoms with Crippen LogP contribution in [-0.4, -0.2) is 24.1 Å². The van der Waals surface area contributed by atoms with Crippen molar-refractivity contribution in [3.05, 3.63) is 22.7 Å². The Morgan fingerprint density at radius 1 is 1.41 bits per heavy atom. The van der Waals surface area contributed by atoms with E-state index in [9.17, 15) is 9.90 Å². The Morgan fingerprint density at radius 3 is 2.82 bits per heavy atom. The van der Waals surface area contributed by atoms with Crippen LogP contribution in [-0.2, 0) is 4.79 Å². The number of halogens is 1. The Labute approximate surface area is 109 Å². The van der Waals surface area contributed by atoms with Gasteiger partial charge in [-0.25, -0.2) is 0 Å². The highest BCUT2D eigenvalue weighted by molar-refractivity contribution is 9.10. The van der Waals surface area contributed by atoms with Gasteiger partial charge in [0.2, 0.25) is 5.91 Å². The molecule has 1 aliphatic heterocycles. The summed E-state index contributed by atoms with van der Waals surface area (Å²) in [5, 5.41) is 15.6. The van der Waals surface area contributed by atoms with Gasteiger partial charge in [-0.3, -0.25) is 4.79 Å². The van der Waals surface area contributed by atoms with Gasteiger partial charge >= 0.3 is 0 Å². The Bertz CT molecular complexity index is 417. The van der Waals surface area contributed by atoms with Gasteiger partial charge in [0.05, 0.1) is 5.69 Å². The zero-order valence-electron chi connectivity index (χ0n) is 9.37. The van der Waals surface area contributed by atoms with Crippen molar-refractivity contribution >= 4 is 27.5 Å². The lowest BCUT2D eigenvalue weighted by Crippen LogP contribution is -2.34. The smallest absolute Gasteiger partial charge is 0.227 e. The second kappa shape index (κ2) is 5.51. The number of nitrogens with one attached hydrogen (secondary N) is 2. The molecule has 1 amide bonds. The van der Waals surface area contributed by atoms with Crippen molar-refractivity contribution in [3.8, 4) is 5.75 Å². The molecule has 3 N–H and O–H groups in total. The third-order valence-corrected chi connectivity index (χ3v) is 3.42. The minimum absolute atomic E-state index is 0.0140. The van der Waals surface area contributed by atoms with E-state index in [0.717, 1.165) is 30.4 Å². The van der Waals surface area contributed by atoms with E-state index in [2.05, 4.69) is 26.6 Å². The normalized spacial score (nSPS) is 16.8. The first-order valence-electron chi connectivity index (χ1n) is 5.67. The van der Waals surface area contributed by atoms with Crippen molar-refractivity contribution < 1.29 is 9.90 Å². The molecule has 0 saturated carbocycles. The lowest BCUT2D eigenvalue weighted by molar-refractivity contribution is -0.120. The SMILES string of the molecule is O=C(Nc1cc(Br)ccc1O)C1CCNCC1. The molecule has 1 saturated heterocycles. The van der Waals surface area contributed by atoms with Crippen molar-refractivity contribution in [2.24, 2.45) is 5.92 Å². The van der Waals surface area contributed by atoms with Crippen molar-refractivity contribution in [2.45, 2.75) is 12.8 Å². The maximum atomic E-state index is 12.0. The van der Waals surface area contributed by atoms with Gasteiger partial charge in [-0.2, -0.15) is 0 Å². The molecule has 2 rings (SSSR count). The Kier molecular flexibility index (Phi) is 4.02. The summed E-state index contributed by atoms with van der Waals surface area (Å²) in [5.74, 6) is 0.116. The minimum atomic E-state index is -0.0140. The molecule has 0 bridgehead atoms. The molecule has 92 valence electrons. The number of phenols is 1. The zero-order chi connectivity index (χ0) is 12.3. The highest BCUT2D eigenvalue weighted by Gasteiger charge is 2.21. The highest BCUT2D eigenvalue weighted by atomic mass is 79.9. The summed E-state index contributed by atoms with van der Waals surface area (Å²) in [4.78, 5) is 12.0. The van der Waals surface area contributed by atoms with Crippen molar-refractivity contribution in [3.63, 3.8) is 0 Å². The van der Waals surface area contributed by atoms with Crippen molar-refractivity contribution in [1.82, 2.24) is 5.32 Å². The fourth-order valence-electron chi connectivity index (χ4n) is 1.93. The number of carbonyl (C=O) groups excluding carboxylic acids is 1. The van der Waals surface area contributed by atoms with Crippen LogP contribution in [0.25, 0.3) is 0 Å². The molecule has 1 fully saturated rings. The molecule has 0 atom stereocenters. The van der Waals surface area contributed by atoms with Crippen LogP contribution in [0.2, 0.25) is 0 Å². The van der Waals surface area contributed by atoms with E-state index in [-0.39, 0.29) is 17.6 Å². The second-order valence-electron chi connectivity index (χ2n) is 4.17. The fraction of sp³-hybridized carbons (Fsp3) is 0.417. The summed E-state index contributed by atoms with van der Waals surface area (Å²) in [5.41, 5.74) is 0.461. The summed E-state index contributed by atoms with van der Waals surface area (Å²) in [6.45, 7) is 1.76. The van der Waals surface area contributed by atoms with Crippen LogP contribution in [0.5, 0.6) is 5.75 Å². The standard InChI is InChI=1S/C12H15BrN2O2/c13-9-1-2-11(16)10(7-9)15-12(17)8-3-5-14-6-4-8/h1-2,7-8,14,16H,3-6H2,(H,15,17). The lowest BCUT2D eigenvalue weighted by Gasteiger charge is -2.22. The molecule has 0 spiro atoms. The monoisotopic (exact) mass is 298 g/mol. The summed E-state index contributed by atoms with van der Waals surface area (Å²) in [7, 11) is 0. The topological polar surface area (TPSA) is 61.4 Å². The average molecular weight is 299 g/mol. The number of piperidine rings is 1.